The molecule has 10 nitrogen and oxygen atoms in total. The lowest BCUT2D eigenvalue weighted by molar-refractivity contribution is -0.144. The number of methoxy groups -OCH3 is 2. The van der Waals surface area contributed by atoms with Gasteiger partial charge < -0.3 is 33.1 Å². The average molecular weight is 629 g/mol. The van der Waals surface area contributed by atoms with E-state index in [0.29, 0.717) is 49.9 Å². The van der Waals surface area contributed by atoms with E-state index in [1.54, 1.807) is 38.2 Å². The van der Waals surface area contributed by atoms with Gasteiger partial charge in [0.15, 0.2) is 5.76 Å². The number of ether oxygens (including phenoxy) is 3. The minimum Gasteiger partial charge on any atom is -0.496 e. The number of fused-ring (bicyclic) bond motifs is 1. The first kappa shape index (κ1) is 30.9. The molecule has 5 rings (SSSR count). The van der Waals surface area contributed by atoms with Crippen molar-refractivity contribution in [1.82, 2.24) is 19.5 Å². The standard InChI is InChI=1S/C31H37ClN4O6S/c1-6-41-29(37)18-35(21-11-13-34(14-12-21)19(2)3)31(38)23-16-22-24(39-4)7-8-25(40-5)30(22)36(23)17-20-15-26(42-33-20)27-9-10-28(32)43-27/h7-10,15-16,19,21H,6,11-14,17-18H2,1-5H3. The van der Waals surface area contributed by atoms with Crippen LogP contribution in [0, 0.1) is 0 Å². The number of benzene rings is 1. The first-order valence-electron chi connectivity index (χ1n) is 14.4. The van der Waals surface area contributed by atoms with Crippen LogP contribution in [0.1, 0.15) is 49.8 Å². The summed E-state index contributed by atoms with van der Waals surface area (Å²) in [4.78, 5) is 32.3. The first-order valence-corrected chi connectivity index (χ1v) is 15.6. The molecule has 1 amide bonds. The third-order valence-electron chi connectivity index (χ3n) is 7.87. The second-order valence-corrected chi connectivity index (χ2v) is 12.4. The van der Waals surface area contributed by atoms with E-state index in [0.717, 1.165) is 30.8 Å². The highest BCUT2D eigenvalue weighted by atomic mass is 35.5. The van der Waals surface area contributed by atoms with Crippen molar-refractivity contribution in [1.29, 1.82) is 0 Å². The second kappa shape index (κ2) is 13.4. The Morgan fingerprint density at radius 3 is 2.47 bits per heavy atom. The second-order valence-electron chi connectivity index (χ2n) is 10.7. The summed E-state index contributed by atoms with van der Waals surface area (Å²) in [6.07, 6.45) is 1.51. The van der Waals surface area contributed by atoms with Gasteiger partial charge in [-0.25, -0.2) is 0 Å². The van der Waals surface area contributed by atoms with Crippen molar-refractivity contribution in [3.8, 4) is 22.1 Å². The molecular weight excluding hydrogens is 592 g/mol. The zero-order valence-corrected chi connectivity index (χ0v) is 26.7. The van der Waals surface area contributed by atoms with Gasteiger partial charge in [0.1, 0.15) is 29.4 Å². The van der Waals surface area contributed by atoms with Crippen LogP contribution in [-0.4, -0.2) is 83.9 Å². The molecule has 4 aromatic rings. The third-order valence-corrected chi connectivity index (χ3v) is 9.12. The van der Waals surface area contributed by atoms with Gasteiger partial charge in [-0.05, 0) is 63.9 Å². The van der Waals surface area contributed by atoms with E-state index in [2.05, 4.69) is 23.9 Å². The Bertz CT molecular complexity index is 1590. The van der Waals surface area contributed by atoms with Gasteiger partial charge in [0.25, 0.3) is 5.91 Å². The Labute approximate surface area is 260 Å². The number of halogens is 1. The summed E-state index contributed by atoms with van der Waals surface area (Å²) in [6.45, 7) is 8.11. The average Bonchev–Trinajstić information content (AvgIpc) is 3.74. The topological polar surface area (TPSA) is 99.3 Å². The van der Waals surface area contributed by atoms with E-state index in [-0.39, 0.29) is 31.6 Å². The highest BCUT2D eigenvalue weighted by Gasteiger charge is 2.34. The third kappa shape index (κ3) is 6.53. The molecule has 1 aliphatic rings. The number of aromatic nitrogens is 2. The van der Waals surface area contributed by atoms with E-state index in [1.807, 2.05) is 28.8 Å². The number of hydrogen-bond donors (Lipinski definition) is 0. The smallest absolute Gasteiger partial charge is 0.325 e. The van der Waals surface area contributed by atoms with Gasteiger partial charge in [0, 0.05) is 36.6 Å². The summed E-state index contributed by atoms with van der Waals surface area (Å²) in [5, 5.41) is 5.02. The summed E-state index contributed by atoms with van der Waals surface area (Å²) in [5.74, 6) is 1.05. The number of carbonyl (C=O) groups excluding carboxylic acids is 2. The molecule has 0 unspecified atom stereocenters. The Morgan fingerprint density at radius 1 is 1.12 bits per heavy atom. The maximum Gasteiger partial charge on any atom is 0.325 e. The molecule has 0 spiro atoms. The molecule has 1 fully saturated rings. The van der Waals surface area contributed by atoms with Crippen LogP contribution in [0.5, 0.6) is 11.5 Å². The van der Waals surface area contributed by atoms with Crippen LogP contribution >= 0.6 is 22.9 Å². The first-order chi connectivity index (χ1) is 20.7. The molecule has 0 aliphatic carbocycles. The molecule has 3 aromatic heterocycles. The zero-order valence-electron chi connectivity index (χ0n) is 25.1. The van der Waals surface area contributed by atoms with Crippen LogP contribution in [0.25, 0.3) is 21.5 Å². The molecular formula is C31H37ClN4O6S. The van der Waals surface area contributed by atoms with Crippen molar-refractivity contribution in [2.45, 2.75) is 52.2 Å². The van der Waals surface area contributed by atoms with E-state index in [1.165, 1.54) is 11.3 Å². The number of rotatable bonds is 11. The van der Waals surface area contributed by atoms with Gasteiger partial charge >= 0.3 is 5.97 Å². The lowest BCUT2D eigenvalue weighted by Gasteiger charge is -2.39. The van der Waals surface area contributed by atoms with E-state index >= 15 is 0 Å². The number of nitrogens with zero attached hydrogens (tertiary/aromatic N) is 4. The lowest BCUT2D eigenvalue weighted by Crippen LogP contribution is -2.50. The van der Waals surface area contributed by atoms with Gasteiger partial charge in [-0.2, -0.15) is 0 Å². The molecule has 4 heterocycles. The summed E-state index contributed by atoms with van der Waals surface area (Å²) in [6, 6.07) is 11.2. The molecule has 0 saturated carbocycles. The van der Waals surface area contributed by atoms with Crippen LogP contribution in [0.15, 0.2) is 40.9 Å². The van der Waals surface area contributed by atoms with Crippen molar-refractivity contribution in [2.24, 2.45) is 0 Å². The Morgan fingerprint density at radius 2 is 1.84 bits per heavy atom. The number of thiophene rings is 1. The monoisotopic (exact) mass is 628 g/mol. The van der Waals surface area contributed by atoms with Crippen molar-refractivity contribution >= 4 is 45.7 Å². The maximum atomic E-state index is 14.6. The van der Waals surface area contributed by atoms with Crippen LogP contribution in [-0.2, 0) is 16.1 Å². The van der Waals surface area contributed by atoms with E-state index in [4.69, 9.17) is 30.3 Å². The van der Waals surface area contributed by atoms with E-state index < -0.39 is 5.97 Å². The Hall–Kier alpha value is -3.54. The SMILES string of the molecule is CCOC(=O)CN(C(=O)c1cc2c(OC)ccc(OC)c2n1Cc1cc(-c2ccc(Cl)s2)on1)C1CCN(C(C)C)CC1. The fourth-order valence-corrected chi connectivity index (χ4v) is 6.68. The predicted molar refractivity (Wildman–Crippen MR) is 166 cm³/mol. The molecule has 1 saturated heterocycles. The molecule has 0 atom stereocenters. The number of esters is 1. The highest BCUT2D eigenvalue weighted by molar-refractivity contribution is 7.19. The molecule has 0 N–H and O–H groups in total. The molecule has 0 bridgehead atoms. The molecule has 1 aliphatic heterocycles. The highest BCUT2D eigenvalue weighted by Crippen LogP contribution is 2.38. The molecule has 0 radical (unpaired) electrons. The van der Waals surface area contributed by atoms with Gasteiger partial charge in [0.05, 0.1) is 42.1 Å². The largest absolute Gasteiger partial charge is 0.496 e. The van der Waals surface area contributed by atoms with Gasteiger partial charge in [0.2, 0.25) is 0 Å². The summed E-state index contributed by atoms with van der Waals surface area (Å²) < 4.78 is 24.9. The predicted octanol–water partition coefficient (Wildman–Crippen LogP) is 5.95. The molecule has 1 aromatic carbocycles. The molecule has 230 valence electrons. The van der Waals surface area contributed by atoms with Crippen LogP contribution in [0.2, 0.25) is 4.34 Å². The number of piperidine rings is 1. The van der Waals surface area contributed by atoms with Crippen LogP contribution in [0.3, 0.4) is 0 Å². The zero-order chi connectivity index (χ0) is 30.7. The minimum absolute atomic E-state index is 0.121. The van der Waals surface area contributed by atoms with Gasteiger partial charge in [-0.3, -0.25) is 9.59 Å². The minimum atomic E-state index is -0.435. The van der Waals surface area contributed by atoms with Crippen molar-refractivity contribution in [3.63, 3.8) is 0 Å². The Balaban J connectivity index is 1.58. The fraction of sp³-hybridized carbons (Fsp3) is 0.452. The lowest BCUT2D eigenvalue weighted by atomic mass is 10.0. The van der Waals surface area contributed by atoms with Gasteiger partial charge in [-0.15, -0.1) is 11.3 Å². The Kier molecular flexibility index (Phi) is 9.63. The fourth-order valence-electron chi connectivity index (χ4n) is 5.69. The van der Waals surface area contributed by atoms with E-state index in [9.17, 15) is 9.59 Å². The number of likely N-dealkylation sites (tertiary alicyclic amines) is 1. The van der Waals surface area contributed by atoms with Crippen LogP contribution < -0.4 is 9.47 Å². The van der Waals surface area contributed by atoms with Gasteiger partial charge in [-0.1, -0.05) is 16.8 Å². The summed E-state index contributed by atoms with van der Waals surface area (Å²) in [5.41, 5.74) is 1.68. The number of amides is 1. The molecule has 12 heteroatoms. The summed E-state index contributed by atoms with van der Waals surface area (Å²) >= 11 is 7.53. The van der Waals surface area contributed by atoms with Crippen molar-refractivity contribution in [2.75, 3.05) is 40.5 Å². The summed E-state index contributed by atoms with van der Waals surface area (Å²) in [7, 11) is 3.18. The number of hydrogen-bond acceptors (Lipinski definition) is 9. The normalized spacial score (nSPS) is 14.4. The van der Waals surface area contributed by atoms with Crippen molar-refractivity contribution in [3.05, 3.63) is 52.1 Å². The number of carbonyl (C=O) groups is 2. The van der Waals surface area contributed by atoms with Crippen LogP contribution in [0.4, 0.5) is 0 Å². The quantitative estimate of drug-likeness (QED) is 0.188. The van der Waals surface area contributed by atoms with Crippen molar-refractivity contribution < 1.29 is 28.3 Å². The molecule has 43 heavy (non-hydrogen) atoms. The maximum absolute atomic E-state index is 14.6.